The van der Waals surface area contributed by atoms with E-state index in [9.17, 15) is 9.90 Å². The van der Waals surface area contributed by atoms with Crippen molar-refractivity contribution < 1.29 is 45.2 Å². The minimum Gasteiger partial charge on any atom is -0.506 e. The van der Waals surface area contributed by atoms with E-state index < -0.39 is 5.97 Å². The second kappa shape index (κ2) is 27.8. The van der Waals surface area contributed by atoms with Crippen molar-refractivity contribution in [2.45, 2.75) is 52.6 Å². The Kier molecular flexibility index (Phi) is 22.6. The van der Waals surface area contributed by atoms with Gasteiger partial charge < -0.3 is 19.5 Å². The first-order valence-corrected chi connectivity index (χ1v) is 21.2. The van der Waals surface area contributed by atoms with Crippen LogP contribution < -0.4 is 9.64 Å². The van der Waals surface area contributed by atoms with Crippen molar-refractivity contribution in [2.24, 2.45) is 0 Å². The first-order valence-electron chi connectivity index (χ1n) is 21.2. The Labute approximate surface area is 396 Å². The van der Waals surface area contributed by atoms with Gasteiger partial charge in [-0.15, -0.1) is 36.4 Å². The van der Waals surface area contributed by atoms with E-state index in [0.717, 1.165) is 40.8 Å². The topological polar surface area (TPSA) is 59.0 Å². The number of esters is 1. The second-order valence-corrected chi connectivity index (χ2v) is 15.4. The number of carbonyl (C=O) groups excluding carboxylic acids is 1. The Morgan fingerprint density at radius 3 is 1.46 bits per heavy atom. The SMILES string of the molecule is CC(C)c1cccc(C(C)C)c1N(C)CCCOc1ccccc1-c1cccc(C(=O)OCc2ccccc2)c1O.[CH2-]c1ccccc1.[CH2-]c1ccccc1.[CH2-]c1ccccc1.[Hf+4]. The summed E-state index contributed by atoms with van der Waals surface area (Å²) in [4.78, 5) is 15.2. The summed E-state index contributed by atoms with van der Waals surface area (Å²) in [5.41, 5.74) is 9.52. The predicted molar refractivity (Wildman–Crippen MR) is 260 cm³/mol. The molecule has 7 aromatic rings. The van der Waals surface area contributed by atoms with Crippen LogP contribution in [-0.2, 0) is 37.2 Å². The first-order chi connectivity index (χ1) is 30.0. The largest absolute Gasteiger partial charge is 4.00 e. The van der Waals surface area contributed by atoms with E-state index in [-0.39, 0.29) is 43.8 Å². The van der Waals surface area contributed by atoms with E-state index in [1.807, 2.05) is 146 Å². The van der Waals surface area contributed by atoms with Crippen molar-refractivity contribution in [3.05, 3.63) is 242 Å². The van der Waals surface area contributed by atoms with Crippen LogP contribution in [0.4, 0.5) is 5.69 Å². The van der Waals surface area contributed by atoms with Gasteiger partial charge in [-0.1, -0.05) is 125 Å². The number of phenolic OH excluding ortho intramolecular Hbond substituents is 1. The molecule has 1 N–H and O–H groups in total. The zero-order valence-corrected chi connectivity index (χ0v) is 41.1. The van der Waals surface area contributed by atoms with E-state index >= 15 is 0 Å². The van der Waals surface area contributed by atoms with Gasteiger partial charge in [-0.3, -0.25) is 0 Å². The van der Waals surface area contributed by atoms with E-state index in [1.165, 1.54) is 16.8 Å². The maximum atomic E-state index is 12.8. The average Bonchev–Trinajstić information content (AvgIpc) is 3.28. The molecule has 7 rings (SSSR count). The smallest absolute Gasteiger partial charge is 0.506 e. The van der Waals surface area contributed by atoms with Gasteiger partial charge in [0.1, 0.15) is 23.7 Å². The second-order valence-electron chi connectivity index (χ2n) is 15.4. The van der Waals surface area contributed by atoms with Crippen molar-refractivity contribution in [1.29, 1.82) is 0 Å². The molecular formula is C57H62HfNO4+. The molecule has 5 nitrogen and oxygen atoms in total. The van der Waals surface area contributed by atoms with E-state index in [1.54, 1.807) is 18.2 Å². The van der Waals surface area contributed by atoms with Crippen LogP contribution in [0.2, 0.25) is 0 Å². The Balaban J connectivity index is 0.000000386. The third-order valence-corrected chi connectivity index (χ3v) is 9.79. The van der Waals surface area contributed by atoms with E-state index in [4.69, 9.17) is 9.47 Å². The van der Waals surface area contributed by atoms with E-state index in [2.05, 4.69) is 78.6 Å². The standard InChI is InChI=1S/C36H41NO4.3C7H7.Hf/c1-25(2)28-17-11-18-29(26(3)4)34(28)37(5)22-13-23-40-33-21-10-9-16-30(33)31-19-12-20-32(35(31)38)36(39)41-24-27-14-7-6-8-15-27;3*1-7-5-3-2-4-6-7;/h6-12,14-21,25-26,38H,13,22-24H2,1-5H3;3*2-6H,1H2;/q;3*-1;+4. The maximum absolute atomic E-state index is 12.8. The van der Waals surface area contributed by atoms with Crippen molar-refractivity contribution in [3.63, 3.8) is 0 Å². The molecule has 0 aliphatic carbocycles. The number of rotatable bonds is 12. The number of hydrogen-bond acceptors (Lipinski definition) is 5. The fourth-order valence-corrected chi connectivity index (χ4v) is 6.52. The van der Waals surface area contributed by atoms with Crippen LogP contribution in [0.15, 0.2) is 182 Å². The van der Waals surface area contributed by atoms with Gasteiger partial charge in [-0.05, 0) is 47.1 Å². The van der Waals surface area contributed by atoms with Crippen molar-refractivity contribution in [1.82, 2.24) is 0 Å². The molecule has 0 saturated carbocycles. The molecule has 0 aromatic heterocycles. The van der Waals surface area contributed by atoms with Crippen LogP contribution in [0.5, 0.6) is 11.5 Å². The Morgan fingerprint density at radius 1 is 0.571 bits per heavy atom. The third-order valence-electron chi connectivity index (χ3n) is 9.79. The number of hydrogen-bond donors (Lipinski definition) is 1. The Morgan fingerprint density at radius 2 is 1.00 bits per heavy atom. The molecule has 0 saturated heterocycles. The molecule has 0 spiro atoms. The number of carbonyl (C=O) groups is 1. The summed E-state index contributed by atoms with van der Waals surface area (Å²) in [6.45, 7) is 21.6. The zero-order valence-electron chi connectivity index (χ0n) is 37.5. The molecule has 0 heterocycles. The van der Waals surface area contributed by atoms with E-state index in [0.29, 0.717) is 29.8 Å². The number of benzene rings is 7. The van der Waals surface area contributed by atoms with Crippen molar-refractivity contribution >= 4 is 11.7 Å². The summed E-state index contributed by atoms with van der Waals surface area (Å²) in [6, 6.07) is 58.4. The summed E-state index contributed by atoms with van der Waals surface area (Å²) >= 11 is 0. The van der Waals surface area contributed by atoms with Crippen LogP contribution >= 0.6 is 0 Å². The molecule has 63 heavy (non-hydrogen) atoms. The number of para-hydroxylation sites is 3. The van der Waals surface area contributed by atoms with Gasteiger partial charge in [0.2, 0.25) is 0 Å². The van der Waals surface area contributed by atoms with Crippen molar-refractivity contribution in [2.75, 3.05) is 25.1 Å². The number of aromatic hydroxyl groups is 1. The molecule has 0 radical (unpaired) electrons. The van der Waals surface area contributed by atoms with Gasteiger partial charge in [0.15, 0.2) is 0 Å². The van der Waals surface area contributed by atoms with Gasteiger partial charge in [-0.2, -0.15) is 73.9 Å². The summed E-state index contributed by atoms with van der Waals surface area (Å²) in [5, 5.41) is 11.1. The van der Waals surface area contributed by atoms with Gasteiger partial charge in [-0.25, -0.2) is 4.79 Å². The third kappa shape index (κ3) is 17.3. The van der Waals surface area contributed by atoms with Crippen LogP contribution in [-0.4, -0.2) is 31.3 Å². The molecule has 0 unspecified atom stereocenters. The molecule has 7 aromatic carbocycles. The van der Waals surface area contributed by atoms with Gasteiger partial charge in [0.05, 0.1) is 6.61 Å². The Bertz CT molecular complexity index is 2220. The number of anilines is 1. The molecule has 322 valence electrons. The maximum Gasteiger partial charge on any atom is 4.00 e. The van der Waals surface area contributed by atoms with Crippen LogP contribution in [0.25, 0.3) is 11.1 Å². The van der Waals surface area contributed by atoms with Gasteiger partial charge in [0, 0.05) is 30.4 Å². The quantitative estimate of drug-likeness (QED) is 0.0572. The average molecular weight is 1000 g/mol. The Hall–Kier alpha value is -6.11. The van der Waals surface area contributed by atoms with Crippen LogP contribution in [0.3, 0.4) is 0 Å². The number of nitrogens with zero attached hydrogens (tertiary/aromatic N) is 1. The van der Waals surface area contributed by atoms with Gasteiger partial charge in [0.25, 0.3) is 0 Å². The zero-order chi connectivity index (χ0) is 44.7. The monoisotopic (exact) mass is 1000 g/mol. The predicted octanol–water partition coefficient (Wildman–Crippen LogP) is 14.2. The summed E-state index contributed by atoms with van der Waals surface area (Å²) in [6.07, 6.45) is 0.826. The van der Waals surface area contributed by atoms with Crippen LogP contribution in [0.1, 0.15) is 89.7 Å². The molecule has 0 atom stereocenters. The molecule has 6 heteroatoms. The minimum absolute atomic E-state index is 0. The van der Waals surface area contributed by atoms with Gasteiger partial charge >= 0.3 is 31.8 Å². The molecule has 0 fully saturated rings. The molecule has 0 aliphatic rings. The number of phenols is 1. The molecule has 0 aliphatic heterocycles. The molecule has 0 amide bonds. The summed E-state index contributed by atoms with van der Waals surface area (Å²) in [7, 11) is 2.15. The minimum atomic E-state index is -0.572. The summed E-state index contributed by atoms with van der Waals surface area (Å²) < 4.78 is 11.7. The first kappa shape index (κ1) is 51.2. The molecule has 0 bridgehead atoms. The van der Waals surface area contributed by atoms with Crippen LogP contribution in [0, 0.1) is 20.8 Å². The fourth-order valence-electron chi connectivity index (χ4n) is 6.52. The fraction of sp³-hybridized carbons (Fsp3) is 0.193. The molecular weight excluding hydrogens is 941 g/mol. The van der Waals surface area contributed by atoms with Crippen molar-refractivity contribution in [3.8, 4) is 22.6 Å². The normalized spacial score (nSPS) is 10.1. The summed E-state index contributed by atoms with van der Waals surface area (Å²) in [5.74, 6) is 0.845. The number of ether oxygens (including phenoxy) is 2.